The Kier molecular flexibility index (Phi) is 5.43. The number of thioether (sulfide) groups is 1. The normalized spacial score (nSPS) is 14.4. The number of hydrogen-bond acceptors (Lipinski definition) is 3. The van der Waals surface area contributed by atoms with Gasteiger partial charge >= 0.3 is 0 Å². The van der Waals surface area contributed by atoms with Gasteiger partial charge in [0.05, 0.1) is 5.75 Å². The molecule has 0 saturated carbocycles. The lowest BCUT2D eigenvalue weighted by Crippen LogP contribution is -2.25. The summed E-state index contributed by atoms with van der Waals surface area (Å²) >= 11 is 6.81. The Labute approximate surface area is 130 Å². The fourth-order valence-electron chi connectivity index (χ4n) is 2.18. The molecule has 0 aromatic heterocycles. The number of carbonyl (C=O) groups is 1. The summed E-state index contributed by atoms with van der Waals surface area (Å²) in [5.41, 5.74) is 3.12. The average Bonchev–Trinajstić information content (AvgIpc) is 2.94. The Morgan fingerprint density at radius 3 is 2.75 bits per heavy atom. The second-order valence-corrected chi connectivity index (χ2v) is 6.72. The quantitative estimate of drug-likeness (QED) is 0.868. The Bertz CT molecular complexity index is 511. The third-order valence-corrected chi connectivity index (χ3v) is 4.88. The second kappa shape index (κ2) is 7.09. The van der Waals surface area contributed by atoms with Crippen LogP contribution in [0.15, 0.2) is 18.2 Å². The van der Waals surface area contributed by atoms with Gasteiger partial charge in [0, 0.05) is 18.8 Å². The van der Waals surface area contributed by atoms with E-state index in [-0.39, 0.29) is 5.91 Å². The van der Waals surface area contributed by atoms with Crippen LogP contribution < -0.4 is 5.32 Å². The van der Waals surface area contributed by atoms with E-state index in [0.29, 0.717) is 5.75 Å². The zero-order valence-corrected chi connectivity index (χ0v) is 13.6. The number of hydrogen-bond donors (Lipinski definition) is 1. The first kappa shape index (κ1) is 15.3. The van der Waals surface area contributed by atoms with E-state index in [1.807, 2.05) is 32.0 Å². The molecule has 108 valence electrons. The minimum atomic E-state index is 0.00486. The largest absolute Gasteiger partial charge is 0.358 e. The predicted octanol–water partition coefficient (Wildman–Crippen LogP) is 3.36. The summed E-state index contributed by atoms with van der Waals surface area (Å²) in [4.78, 5) is 14.2. The van der Waals surface area contributed by atoms with Gasteiger partial charge in [-0.1, -0.05) is 36.1 Å². The van der Waals surface area contributed by atoms with Crippen LogP contribution in [-0.4, -0.2) is 34.0 Å². The number of anilines is 1. The van der Waals surface area contributed by atoms with Crippen LogP contribution in [0.3, 0.4) is 0 Å². The van der Waals surface area contributed by atoms with Crippen LogP contribution >= 0.6 is 24.0 Å². The number of nitrogens with zero attached hydrogens (tertiary/aromatic N) is 1. The zero-order chi connectivity index (χ0) is 14.5. The highest BCUT2D eigenvalue weighted by Crippen LogP contribution is 2.19. The molecule has 1 saturated heterocycles. The summed E-state index contributed by atoms with van der Waals surface area (Å²) in [5, 5.41) is 2.96. The van der Waals surface area contributed by atoms with E-state index in [0.717, 1.165) is 34.2 Å². The maximum absolute atomic E-state index is 12.0. The molecule has 1 aromatic rings. The molecule has 1 fully saturated rings. The van der Waals surface area contributed by atoms with Crippen molar-refractivity contribution in [3.63, 3.8) is 0 Å². The van der Waals surface area contributed by atoms with Crippen molar-refractivity contribution in [1.82, 2.24) is 4.90 Å². The molecule has 0 spiro atoms. The van der Waals surface area contributed by atoms with E-state index in [2.05, 4.69) is 10.2 Å². The first-order chi connectivity index (χ1) is 9.56. The summed E-state index contributed by atoms with van der Waals surface area (Å²) in [5.74, 6) is 0.383. The molecule has 20 heavy (non-hydrogen) atoms. The first-order valence-electron chi connectivity index (χ1n) is 6.85. The molecule has 3 nitrogen and oxygen atoms in total. The Morgan fingerprint density at radius 1 is 1.35 bits per heavy atom. The minimum Gasteiger partial charge on any atom is -0.358 e. The molecule has 0 aliphatic carbocycles. The number of likely N-dealkylation sites (tertiary alicyclic amines) is 1. The van der Waals surface area contributed by atoms with Crippen molar-refractivity contribution in [1.29, 1.82) is 0 Å². The van der Waals surface area contributed by atoms with Crippen LogP contribution in [0.4, 0.5) is 5.69 Å². The van der Waals surface area contributed by atoms with E-state index in [1.54, 1.807) is 0 Å². The average molecular weight is 308 g/mol. The molecule has 0 atom stereocenters. The van der Waals surface area contributed by atoms with Gasteiger partial charge in [-0.2, -0.15) is 0 Å². The number of carbonyl (C=O) groups excluding carboxylic acids is 1. The van der Waals surface area contributed by atoms with Gasteiger partial charge in [0.1, 0.15) is 4.32 Å². The number of nitrogens with one attached hydrogen (secondary N) is 1. The van der Waals surface area contributed by atoms with Crippen LogP contribution in [0.1, 0.15) is 24.0 Å². The van der Waals surface area contributed by atoms with Gasteiger partial charge < -0.3 is 10.2 Å². The molecule has 0 bridgehead atoms. The molecule has 1 aliphatic rings. The summed E-state index contributed by atoms with van der Waals surface area (Å²) in [6.07, 6.45) is 2.41. The molecular weight excluding hydrogens is 288 g/mol. The van der Waals surface area contributed by atoms with Crippen molar-refractivity contribution < 1.29 is 4.79 Å². The monoisotopic (exact) mass is 308 g/mol. The number of rotatable bonds is 3. The molecule has 1 amide bonds. The lowest BCUT2D eigenvalue weighted by Gasteiger charge is -2.17. The first-order valence-corrected chi connectivity index (χ1v) is 8.24. The van der Waals surface area contributed by atoms with Crippen LogP contribution in [-0.2, 0) is 4.79 Å². The highest BCUT2D eigenvalue weighted by molar-refractivity contribution is 8.23. The molecular formula is C15H20N2OS2. The number of benzene rings is 1. The SMILES string of the molecule is Cc1ccc(C)c(NC(=O)CSC(=S)N2CCCC2)c1. The standard InChI is InChI=1S/C15H20N2OS2/c1-11-5-6-12(2)13(9-11)16-14(18)10-20-15(19)17-7-3-4-8-17/h5-6,9H,3-4,7-8,10H2,1-2H3,(H,16,18). The van der Waals surface area contributed by atoms with Crippen LogP contribution in [0.2, 0.25) is 0 Å². The maximum atomic E-state index is 12.0. The van der Waals surface area contributed by atoms with Crippen LogP contribution in [0, 0.1) is 13.8 Å². The molecule has 5 heteroatoms. The lowest BCUT2D eigenvalue weighted by atomic mass is 10.1. The van der Waals surface area contributed by atoms with Gasteiger partial charge in [-0.25, -0.2) is 0 Å². The van der Waals surface area contributed by atoms with Crippen molar-refractivity contribution in [3.8, 4) is 0 Å². The van der Waals surface area contributed by atoms with E-state index in [9.17, 15) is 4.79 Å². The van der Waals surface area contributed by atoms with E-state index < -0.39 is 0 Å². The highest BCUT2D eigenvalue weighted by Gasteiger charge is 2.16. The Balaban J connectivity index is 1.83. The lowest BCUT2D eigenvalue weighted by molar-refractivity contribution is -0.113. The van der Waals surface area contributed by atoms with Gasteiger partial charge in [0.2, 0.25) is 5.91 Å². The van der Waals surface area contributed by atoms with E-state index in [4.69, 9.17) is 12.2 Å². The van der Waals surface area contributed by atoms with Crippen molar-refractivity contribution >= 4 is 39.9 Å². The highest BCUT2D eigenvalue weighted by atomic mass is 32.2. The van der Waals surface area contributed by atoms with E-state index in [1.165, 1.54) is 24.6 Å². The van der Waals surface area contributed by atoms with Gasteiger partial charge in [-0.3, -0.25) is 4.79 Å². The molecule has 1 N–H and O–H groups in total. The molecule has 2 rings (SSSR count). The molecule has 1 heterocycles. The summed E-state index contributed by atoms with van der Waals surface area (Å²) in [6, 6.07) is 6.06. The predicted molar refractivity (Wildman–Crippen MR) is 90.4 cm³/mol. The van der Waals surface area contributed by atoms with Gasteiger partial charge in [-0.05, 0) is 43.9 Å². The van der Waals surface area contributed by atoms with Gasteiger partial charge in [0.25, 0.3) is 0 Å². The second-order valence-electron chi connectivity index (χ2n) is 5.12. The molecule has 1 aromatic carbocycles. The minimum absolute atomic E-state index is 0.00486. The topological polar surface area (TPSA) is 32.3 Å². The summed E-state index contributed by atoms with van der Waals surface area (Å²) in [6.45, 7) is 6.08. The van der Waals surface area contributed by atoms with Crippen LogP contribution in [0.5, 0.6) is 0 Å². The summed E-state index contributed by atoms with van der Waals surface area (Å²) < 4.78 is 0.846. The fourth-order valence-corrected chi connectivity index (χ4v) is 3.23. The number of amides is 1. The van der Waals surface area contributed by atoms with Crippen molar-refractivity contribution in [2.45, 2.75) is 26.7 Å². The van der Waals surface area contributed by atoms with Crippen molar-refractivity contribution in [3.05, 3.63) is 29.3 Å². The van der Waals surface area contributed by atoms with Crippen molar-refractivity contribution in [2.24, 2.45) is 0 Å². The number of aryl methyl sites for hydroxylation is 2. The Morgan fingerprint density at radius 2 is 2.05 bits per heavy atom. The number of thiocarbonyl (C=S) groups is 1. The molecule has 0 unspecified atom stereocenters. The van der Waals surface area contributed by atoms with Crippen molar-refractivity contribution in [2.75, 3.05) is 24.2 Å². The van der Waals surface area contributed by atoms with E-state index >= 15 is 0 Å². The fraction of sp³-hybridized carbons (Fsp3) is 0.467. The Hall–Kier alpha value is -1.07. The van der Waals surface area contributed by atoms with Gasteiger partial charge in [0.15, 0.2) is 0 Å². The third kappa shape index (κ3) is 4.21. The third-order valence-electron chi connectivity index (χ3n) is 3.36. The summed E-state index contributed by atoms with van der Waals surface area (Å²) in [7, 11) is 0. The molecule has 0 radical (unpaired) electrons. The smallest absolute Gasteiger partial charge is 0.234 e. The van der Waals surface area contributed by atoms with Gasteiger partial charge in [-0.15, -0.1) is 0 Å². The maximum Gasteiger partial charge on any atom is 0.234 e. The molecule has 1 aliphatic heterocycles. The zero-order valence-electron chi connectivity index (χ0n) is 11.9. The van der Waals surface area contributed by atoms with Crippen LogP contribution in [0.25, 0.3) is 0 Å².